The molecule has 7 heteroatoms. The van der Waals surface area contributed by atoms with Gasteiger partial charge in [0.05, 0.1) is 0 Å². The highest BCUT2D eigenvalue weighted by atomic mass is 15.2. The normalized spacial score (nSPS) is 10.7. The van der Waals surface area contributed by atoms with E-state index in [4.69, 9.17) is 5.73 Å². The van der Waals surface area contributed by atoms with E-state index < -0.39 is 0 Å². The van der Waals surface area contributed by atoms with Crippen molar-refractivity contribution in [3.63, 3.8) is 0 Å². The zero-order valence-corrected chi connectivity index (χ0v) is 9.46. The maximum absolute atomic E-state index is 5.72. The van der Waals surface area contributed by atoms with Gasteiger partial charge in [0.2, 0.25) is 5.95 Å². The van der Waals surface area contributed by atoms with E-state index in [1.165, 1.54) is 6.33 Å². The Kier molecular flexibility index (Phi) is 2.49. The number of nitrogens with two attached hydrogens (primary N) is 1. The van der Waals surface area contributed by atoms with Gasteiger partial charge in [-0.05, 0) is 11.6 Å². The molecular weight excluding hydrogens is 230 g/mol. The van der Waals surface area contributed by atoms with Gasteiger partial charge in [0.15, 0.2) is 11.5 Å². The fourth-order valence-electron chi connectivity index (χ4n) is 1.62. The van der Waals surface area contributed by atoms with Crippen LogP contribution >= 0.6 is 0 Å². The number of rotatable bonds is 3. The van der Waals surface area contributed by atoms with Gasteiger partial charge < -0.3 is 16.0 Å². The van der Waals surface area contributed by atoms with E-state index >= 15 is 0 Å². The minimum atomic E-state index is 0.391. The zero-order chi connectivity index (χ0) is 12.4. The summed E-state index contributed by atoms with van der Waals surface area (Å²) in [5, 5.41) is 3.15. The van der Waals surface area contributed by atoms with E-state index in [2.05, 4.69) is 30.2 Å². The van der Waals surface area contributed by atoms with Gasteiger partial charge in [-0.15, -0.1) is 0 Å². The first kappa shape index (κ1) is 10.5. The van der Waals surface area contributed by atoms with Gasteiger partial charge in [-0.3, -0.25) is 4.98 Å². The predicted molar refractivity (Wildman–Crippen MR) is 67.7 cm³/mol. The summed E-state index contributed by atoms with van der Waals surface area (Å²) in [6.45, 7) is 0.626. The second kappa shape index (κ2) is 4.28. The number of nitrogen functional groups attached to an aromatic ring is 1. The monoisotopic (exact) mass is 241 g/mol. The molecule has 0 spiro atoms. The van der Waals surface area contributed by atoms with E-state index in [1.807, 2.05) is 12.1 Å². The van der Waals surface area contributed by atoms with Crippen molar-refractivity contribution in [3.05, 3.63) is 36.4 Å². The number of aromatic nitrogens is 5. The Bertz CT molecular complexity index is 661. The number of nitrogens with zero attached hydrogens (tertiary/aromatic N) is 4. The van der Waals surface area contributed by atoms with Crippen LogP contribution in [0.3, 0.4) is 0 Å². The molecule has 0 aliphatic rings. The third kappa shape index (κ3) is 1.93. The van der Waals surface area contributed by atoms with Crippen LogP contribution in [0.5, 0.6) is 0 Å². The summed E-state index contributed by atoms with van der Waals surface area (Å²) < 4.78 is 0. The van der Waals surface area contributed by atoms with E-state index in [9.17, 15) is 0 Å². The van der Waals surface area contributed by atoms with Crippen LogP contribution in [-0.4, -0.2) is 24.9 Å². The number of aromatic amines is 1. The Morgan fingerprint density at radius 1 is 1.33 bits per heavy atom. The van der Waals surface area contributed by atoms with E-state index in [1.54, 1.807) is 12.4 Å². The van der Waals surface area contributed by atoms with Crippen molar-refractivity contribution in [2.75, 3.05) is 11.1 Å². The van der Waals surface area contributed by atoms with Gasteiger partial charge in [0.1, 0.15) is 11.8 Å². The lowest BCUT2D eigenvalue weighted by Gasteiger charge is -2.01. The summed E-state index contributed by atoms with van der Waals surface area (Å²) in [6.07, 6.45) is 4.92. The highest BCUT2D eigenvalue weighted by molar-refractivity contribution is 5.82. The van der Waals surface area contributed by atoms with Crippen LogP contribution in [0.25, 0.3) is 11.2 Å². The smallest absolute Gasteiger partial charge is 0.203 e. The summed E-state index contributed by atoms with van der Waals surface area (Å²) in [5.41, 5.74) is 7.98. The Labute approximate surface area is 103 Å². The second-order valence-corrected chi connectivity index (χ2v) is 3.76. The zero-order valence-electron chi connectivity index (χ0n) is 9.46. The summed E-state index contributed by atoms with van der Waals surface area (Å²) in [6, 6.07) is 3.87. The first-order valence-corrected chi connectivity index (χ1v) is 5.42. The molecule has 18 heavy (non-hydrogen) atoms. The lowest BCUT2D eigenvalue weighted by Crippen LogP contribution is -2.00. The summed E-state index contributed by atoms with van der Waals surface area (Å²) in [7, 11) is 0. The van der Waals surface area contributed by atoms with E-state index in [0.29, 0.717) is 29.5 Å². The molecule has 3 aromatic heterocycles. The van der Waals surface area contributed by atoms with Crippen LogP contribution < -0.4 is 11.1 Å². The molecule has 3 heterocycles. The topological polar surface area (TPSA) is 105 Å². The SMILES string of the molecule is Nc1ncnc2nc(NCc3cccnc3)[nH]c12. The molecule has 0 saturated heterocycles. The molecule has 7 nitrogen and oxygen atoms in total. The molecule has 0 atom stereocenters. The van der Waals surface area contributed by atoms with Crippen LogP contribution in [0.2, 0.25) is 0 Å². The summed E-state index contributed by atoms with van der Waals surface area (Å²) in [5.74, 6) is 1.00. The fourth-order valence-corrected chi connectivity index (χ4v) is 1.62. The van der Waals surface area contributed by atoms with Crippen LogP contribution in [0, 0.1) is 0 Å². The molecule has 0 aliphatic heterocycles. The van der Waals surface area contributed by atoms with Crippen LogP contribution in [0.1, 0.15) is 5.56 Å². The molecule has 0 unspecified atom stereocenters. The van der Waals surface area contributed by atoms with Crippen molar-refractivity contribution < 1.29 is 0 Å². The number of anilines is 2. The average molecular weight is 241 g/mol. The molecule has 3 rings (SSSR count). The lowest BCUT2D eigenvalue weighted by molar-refractivity contribution is 1.07. The molecule has 0 aromatic carbocycles. The summed E-state index contributed by atoms with van der Waals surface area (Å²) in [4.78, 5) is 19.3. The molecule has 0 fully saturated rings. The van der Waals surface area contributed by atoms with E-state index in [0.717, 1.165) is 5.56 Å². The maximum Gasteiger partial charge on any atom is 0.203 e. The van der Waals surface area contributed by atoms with Gasteiger partial charge in [-0.25, -0.2) is 9.97 Å². The molecular formula is C11H11N7. The standard InChI is InChI=1S/C11H11N7/c12-9-8-10(16-6-15-9)18-11(17-8)14-5-7-2-1-3-13-4-7/h1-4,6H,5H2,(H4,12,14,15,16,17,18). The average Bonchev–Trinajstić information content (AvgIpc) is 2.82. The maximum atomic E-state index is 5.72. The second-order valence-electron chi connectivity index (χ2n) is 3.76. The Morgan fingerprint density at radius 2 is 2.28 bits per heavy atom. The lowest BCUT2D eigenvalue weighted by atomic mass is 10.3. The molecule has 4 N–H and O–H groups in total. The fraction of sp³-hybridized carbons (Fsp3) is 0.0909. The number of nitrogens with one attached hydrogen (secondary N) is 2. The van der Waals surface area contributed by atoms with Crippen molar-refractivity contribution in [1.29, 1.82) is 0 Å². The molecule has 90 valence electrons. The van der Waals surface area contributed by atoms with Crippen molar-refractivity contribution >= 4 is 22.9 Å². The van der Waals surface area contributed by atoms with Crippen molar-refractivity contribution in [3.8, 4) is 0 Å². The molecule has 0 bridgehead atoms. The van der Waals surface area contributed by atoms with Gasteiger partial charge in [-0.2, -0.15) is 4.98 Å². The van der Waals surface area contributed by atoms with Crippen molar-refractivity contribution in [2.45, 2.75) is 6.54 Å². The third-order valence-electron chi connectivity index (χ3n) is 2.50. The van der Waals surface area contributed by atoms with Crippen LogP contribution in [0.4, 0.5) is 11.8 Å². The minimum Gasteiger partial charge on any atom is -0.382 e. The van der Waals surface area contributed by atoms with Crippen LogP contribution in [-0.2, 0) is 6.54 Å². The Balaban J connectivity index is 1.81. The van der Waals surface area contributed by atoms with Gasteiger partial charge in [0.25, 0.3) is 0 Å². The Morgan fingerprint density at radius 3 is 3.06 bits per heavy atom. The quantitative estimate of drug-likeness (QED) is 0.630. The molecule has 0 amide bonds. The number of hydrogen-bond acceptors (Lipinski definition) is 6. The number of fused-ring (bicyclic) bond motifs is 1. The molecule has 0 radical (unpaired) electrons. The molecule has 0 saturated carbocycles. The minimum absolute atomic E-state index is 0.391. The molecule has 0 aliphatic carbocycles. The predicted octanol–water partition coefficient (Wildman–Crippen LogP) is 0.942. The third-order valence-corrected chi connectivity index (χ3v) is 2.50. The summed E-state index contributed by atoms with van der Waals surface area (Å²) >= 11 is 0. The highest BCUT2D eigenvalue weighted by Gasteiger charge is 2.06. The largest absolute Gasteiger partial charge is 0.382 e. The van der Waals surface area contributed by atoms with Crippen molar-refractivity contribution in [2.24, 2.45) is 0 Å². The first-order chi connectivity index (χ1) is 8.83. The van der Waals surface area contributed by atoms with Crippen LogP contribution in [0.15, 0.2) is 30.9 Å². The van der Waals surface area contributed by atoms with Crippen molar-refractivity contribution in [1.82, 2.24) is 24.9 Å². The highest BCUT2D eigenvalue weighted by Crippen LogP contribution is 2.16. The van der Waals surface area contributed by atoms with Gasteiger partial charge in [0, 0.05) is 18.9 Å². The number of H-pyrrole nitrogens is 1. The number of imidazole rings is 1. The first-order valence-electron chi connectivity index (χ1n) is 5.42. The van der Waals surface area contributed by atoms with E-state index in [-0.39, 0.29) is 0 Å². The molecule has 3 aromatic rings. The van der Waals surface area contributed by atoms with Gasteiger partial charge >= 0.3 is 0 Å². The number of pyridine rings is 1. The van der Waals surface area contributed by atoms with Gasteiger partial charge in [-0.1, -0.05) is 6.07 Å². The Hall–Kier alpha value is -2.70. The number of hydrogen-bond donors (Lipinski definition) is 3.